The van der Waals surface area contributed by atoms with Gasteiger partial charge < -0.3 is 66.3 Å². The van der Waals surface area contributed by atoms with Crippen LogP contribution < -0.4 is 45.9 Å². The molecule has 0 radical (unpaired) electrons. The van der Waals surface area contributed by atoms with Crippen molar-refractivity contribution in [2.45, 2.75) is 76.0 Å². The average Bonchev–Trinajstić information content (AvgIpc) is 2.80. The first-order valence-electron chi connectivity index (χ1n) is 11.4. The zero-order chi connectivity index (χ0) is 30.0. The van der Waals surface area contributed by atoms with E-state index in [1.165, 1.54) is 6.92 Å². The first-order valence-corrected chi connectivity index (χ1v) is 11.4. The van der Waals surface area contributed by atoms with Gasteiger partial charge in [0, 0.05) is 6.54 Å². The second-order valence-electron chi connectivity index (χ2n) is 7.63. The van der Waals surface area contributed by atoms with Crippen LogP contribution in [0.4, 0.5) is 0 Å². The molecule has 0 saturated heterocycles. The number of carboxylic acids is 4. The molecule has 0 fully saturated rings. The number of carboxylic acid groups (broad SMARTS) is 4. The third-order valence-electron chi connectivity index (χ3n) is 4.00. The van der Waals surface area contributed by atoms with Crippen molar-refractivity contribution in [2.24, 2.45) is 50.9 Å². The van der Waals surface area contributed by atoms with E-state index in [2.05, 4.69) is 4.99 Å². The Bertz CT molecular complexity index is 647. The van der Waals surface area contributed by atoms with E-state index in [4.69, 9.17) is 66.3 Å². The molecule has 0 aromatic carbocycles. The molecule has 0 aliphatic carbocycles. The summed E-state index contributed by atoms with van der Waals surface area (Å²) >= 11 is 0. The largest absolute Gasteiger partial charge is 0.480 e. The Morgan fingerprint density at radius 2 is 0.946 bits per heavy atom. The monoisotopic (exact) mass is 541 g/mol. The topological polar surface area (TPSA) is 370 Å². The molecule has 0 rings (SSSR count). The second-order valence-corrected chi connectivity index (χ2v) is 7.63. The Morgan fingerprint density at radius 3 is 1.22 bits per heavy atom. The van der Waals surface area contributed by atoms with Gasteiger partial charge in [-0.3, -0.25) is 24.2 Å². The van der Waals surface area contributed by atoms with Crippen molar-refractivity contribution < 1.29 is 39.6 Å². The number of nitrogens with two attached hydrogens (primary N) is 8. The van der Waals surface area contributed by atoms with Gasteiger partial charge in [0.25, 0.3) is 0 Å². The Labute approximate surface area is 216 Å². The van der Waals surface area contributed by atoms with Gasteiger partial charge in [0.1, 0.15) is 24.2 Å². The smallest absolute Gasteiger partial charge is 0.320 e. The summed E-state index contributed by atoms with van der Waals surface area (Å²) in [7, 11) is 0. The van der Waals surface area contributed by atoms with E-state index in [0.717, 1.165) is 12.8 Å². The number of guanidine groups is 1. The molecule has 0 aliphatic heterocycles. The molecule has 37 heavy (non-hydrogen) atoms. The Balaban J connectivity index is -0.000000201. The van der Waals surface area contributed by atoms with E-state index in [9.17, 15) is 19.2 Å². The molecular weight excluding hydrogens is 494 g/mol. The third-order valence-corrected chi connectivity index (χ3v) is 4.00. The normalized spacial score (nSPS) is 12.8. The van der Waals surface area contributed by atoms with Gasteiger partial charge in [-0.1, -0.05) is 6.42 Å². The van der Waals surface area contributed by atoms with E-state index in [1.807, 2.05) is 0 Å². The fourth-order valence-electron chi connectivity index (χ4n) is 1.74. The summed E-state index contributed by atoms with van der Waals surface area (Å²) in [6.07, 6.45) is 4.26. The van der Waals surface area contributed by atoms with Crippen LogP contribution in [0, 0.1) is 0 Å². The van der Waals surface area contributed by atoms with Crippen molar-refractivity contribution in [3.8, 4) is 0 Å². The third kappa shape index (κ3) is 37.6. The van der Waals surface area contributed by atoms with Gasteiger partial charge in [-0.05, 0) is 58.5 Å². The quantitative estimate of drug-likeness (QED) is 0.0543. The van der Waals surface area contributed by atoms with Crippen molar-refractivity contribution in [2.75, 3.05) is 19.6 Å². The first kappa shape index (κ1) is 41.1. The summed E-state index contributed by atoms with van der Waals surface area (Å²) < 4.78 is 0. The standard InChI is InChI=1S/C6H14N4O2.C6H14N2O2.C5H12N2O2.C3H7NO2/c7-4(5(11)12)2-1-3-10-6(8)9;7-4-2-1-3-5(8)6(9)10;6-3-1-2-4(7)5(8)9;1-2(4)3(5)6/h4H,1-3,7H2,(H,11,12)(H4,8,9,10);5H,1-4,7-8H2,(H,9,10);4H,1-3,6-7H2,(H,8,9);2H,4H2,1H3,(H,5,6). The average molecular weight is 542 g/mol. The molecule has 4 atom stereocenters. The van der Waals surface area contributed by atoms with Gasteiger partial charge in [-0.15, -0.1) is 0 Å². The number of hydrogen-bond acceptors (Lipinski definition) is 11. The number of unbranched alkanes of at least 4 members (excludes halogenated alkanes) is 1. The van der Waals surface area contributed by atoms with Crippen LogP contribution in [0.3, 0.4) is 0 Å². The van der Waals surface area contributed by atoms with Crippen molar-refractivity contribution in [3.05, 3.63) is 0 Å². The number of carbonyl (C=O) groups is 4. The van der Waals surface area contributed by atoms with E-state index < -0.39 is 48.0 Å². The molecule has 0 bridgehead atoms. The van der Waals surface area contributed by atoms with E-state index in [0.29, 0.717) is 51.7 Å². The summed E-state index contributed by atoms with van der Waals surface area (Å²) in [5.41, 5.74) is 40.9. The van der Waals surface area contributed by atoms with Crippen LogP contribution in [0.2, 0.25) is 0 Å². The van der Waals surface area contributed by atoms with E-state index in [1.54, 1.807) is 0 Å². The molecule has 0 aromatic rings. The molecule has 220 valence electrons. The minimum atomic E-state index is -1.00. The van der Waals surface area contributed by atoms with Crippen molar-refractivity contribution in [1.29, 1.82) is 0 Å². The number of rotatable bonds is 15. The minimum absolute atomic E-state index is 0.0129. The zero-order valence-corrected chi connectivity index (χ0v) is 21.4. The molecule has 20 N–H and O–H groups in total. The van der Waals surface area contributed by atoms with Crippen LogP contribution in [0.5, 0.6) is 0 Å². The lowest BCUT2D eigenvalue weighted by Gasteiger charge is -2.03. The zero-order valence-electron chi connectivity index (χ0n) is 21.4. The number of aliphatic imine (C=N–C) groups is 1. The molecule has 17 heteroatoms. The predicted molar refractivity (Wildman–Crippen MR) is 139 cm³/mol. The van der Waals surface area contributed by atoms with Crippen molar-refractivity contribution in [3.63, 3.8) is 0 Å². The summed E-state index contributed by atoms with van der Waals surface area (Å²) in [4.78, 5) is 43.6. The number of hydrogen-bond donors (Lipinski definition) is 12. The van der Waals surface area contributed by atoms with E-state index >= 15 is 0 Å². The molecule has 4 unspecified atom stereocenters. The highest BCUT2D eigenvalue weighted by Crippen LogP contribution is 1.97. The maximum absolute atomic E-state index is 10.2. The van der Waals surface area contributed by atoms with Crippen LogP contribution in [0.25, 0.3) is 0 Å². The van der Waals surface area contributed by atoms with Gasteiger partial charge in [-0.25, -0.2) is 0 Å². The first-order chi connectivity index (χ1) is 17.0. The number of aliphatic carboxylic acids is 4. The lowest BCUT2D eigenvalue weighted by atomic mass is 10.1. The second kappa shape index (κ2) is 27.5. The molecule has 0 heterocycles. The fraction of sp³-hybridized carbons (Fsp3) is 0.750. The highest BCUT2D eigenvalue weighted by Gasteiger charge is 2.10. The Kier molecular flexibility index (Phi) is 30.5. The van der Waals surface area contributed by atoms with Gasteiger partial charge in [0.2, 0.25) is 0 Å². The summed E-state index contributed by atoms with van der Waals surface area (Å²) in [6, 6.07) is -3.01. The Morgan fingerprint density at radius 1 is 0.622 bits per heavy atom. The van der Waals surface area contributed by atoms with Crippen molar-refractivity contribution in [1.82, 2.24) is 0 Å². The SMILES string of the molecule is CC(N)C(=O)O.NC(N)=NCCCC(N)C(=O)O.NCCCC(N)C(=O)O.NCCCCC(N)C(=O)O. The highest BCUT2D eigenvalue weighted by molar-refractivity contribution is 5.75. The molecule has 0 amide bonds. The van der Waals surface area contributed by atoms with Gasteiger partial charge in [-0.2, -0.15) is 0 Å². The predicted octanol–water partition coefficient (Wildman–Crippen LogP) is -3.47. The molecular formula is C20H47N9O8. The van der Waals surface area contributed by atoms with Crippen LogP contribution in [0.1, 0.15) is 51.9 Å². The maximum atomic E-state index is 10.2. The number of nitrogens with zero attached hydrogens (tertiary/aromatic N) is 1. The highest BCUT2D eigenvalue weighted by atomic mass is 16.4. The molecule has 0 aliphatic rings. The molecule has 0 spiro atoms. The molecule has 0 saturated carbocycles. The van der Waals surface area contributed by atoms with Crippen LogP contribution in [-0.2, 0) is 19.2 Å². The summed E-state index contributed by atoms with van der Waals surface area (Å²) in [5, 5.41) is 32.8. The molecule has 0 aromatic heterocycles. The van der Waals surface area contributed by atoms with Crippen LogP contribution in [-0.4, -0.2) is 94.1 Å². The van der Waals surface area contributed by atoms with Crippen molar-refractivity contribution >= 4 is 29.8 Å². The Hall–Kier alpha value is -3.09. The summed E-state index contributed by atoms with van der Waals surface area (Å²) in [6.45, 7) is 2.94. The van der Waals surface area contributed by atoms with Crippen LogP contribution in [0.15, 0.2) is 4.99 Å². The summed E-state index contributed by atoms with van der Waals surface area (Å²) in [5.74, 6) is -3.84. The fourth-order valence-corrected chi connectivity index (χ4v) is 1.74. The van der Waals surface area contributed by atoms with E-state index in [-0.39, 0.29) is 5.96 Å². The lowest BCUT2D eigenvalue weighted by molar-refractivity contribution is -0.139. The van der Waals surface area contributed by atoms with Gasteiger partial charge in [0.05, 0.1) is 0 Å². The molecule has 17 nitrogen and oxygen atoms in total. The maximum Gasteiger partial charge on any atom is 0.320 e. The lowest BCUT2D eigenvalue weighted by Crippen LogP contribution is -2.30. The van der Waals surface area contributed by atoms with Gasteiger partial charge >= 0.3 is 23.9 Å². The van der Waals surface area contributed by atoms with Crippen LogP contribution >= 0.6 is 0 Å². The van der Waals surface area contributed by atoms with Gasteiger partial charge in [0.15, 0.2) is 5.96 Å². The minimum Gasteiger partial charge on any atom is -0.480 e.